The predicted molar refractivity (Wildman–Crippen MR) is 120 cm³/mol. The van der Waals surface area contributed by atoms with E-state index in [9.17, 15) is 4.79 Å². The minimum absolute atomic E-state index is 0.368. The summed E-state index contributed by atoms with van der Waals surface area (Å²) in [6.45, 7) is 6.71. The van der Waals surface area contributed by atoms with Gasteiger partial charge in [0.25, 0.3) is 0 Å². The van der Waals surface area contributed by atoms with Gasteiger partial charge in [0.1, 0.15) is 18.4 Å². The molecule has 0 fully saturated rings. The Balaban J connectivity index is 1.68. The van der Waals surface area contributed by atoms with Crippen LogP contribution in [0.25, 0.3) is 0 Å². The van der Waals surface area contributed by atoms with Gasteiger partial charge < -0.3 is 14.8 Å². The number of ether oxygens (including phenoxy) is 2. The van der Waals surface area contributed by atoms with Crippen LogP contribution in [-0.2, 0) is 16.1 Å². The summed E-state index contributed by atoms with van der Waals surface area (Å²) < 4.78 is 13.3. The summed E-state index contributed by atoms with van der Waals surface area (Å²) in [5.41, 5.74) is 4.17. The Bertz CT molecular complexity index is 1120. The molecule has 0 saturated carbocycles. The maximum absolute atomic E-state index is 13.1. The second-order valence-electron chi connectivity index (χ2n) is 7.81. The molecule has 0 spiro atoms. The van der Waals surface area contributed by atoms with Crippen LogP contribution in [-0.4, -0.2) is 32.8 Å². The summed E-state index contributed by atoms with van der Waals surface area (Å²) in [7, 11) is 0. The third kappa shape index (κ3) is 4.49. The number of hydrogen-bond donors (Lipinski definition) is 1. The monoisotopic (exact) mass is 433 g/mol. The van der Waals surface area contributed by atoms with E-state index in [4.69, 9.17) is 9.47 Å². The Labute approximate surface area is 187 Å². The Hall–Kier alpha value is -3.68. The normalized spacial score (nSPS) is 15.2. The minimum atomic E-state index is -0.565. The first kappa shape index (κ1) is 21.5. The first-order valence-corrected chi connectivity index (χ1v) is 10.8. The number of nitrogens with one attached hydrogen (secondary N) is 1. The number of allylic oxidation sites excluding steroid dienone is 1. The molecule has 8 nitrogen and oxygen atoms in total. The van der Waals surface area contributed by atoms with Crippen molar-refractivity contribution in [3.63, 3.8) is 0 Å². The lowest BCUT2D eigenvalue weighted by molar-refractivity contribution is -0.139. The van der Waals surface area contributed by atoms with E-state index in [2.05, 4.69) is 46.8 Å². The highest BCUT2D eigenvalue weighted by atomic mass is 16.5. The van der Waals surface area contributed by atoms with Gasteiger partial charge in [0.05, 0.1) is 12.2 Å². The van der Waals surface area contributed by atoms with Gasteiger partial charge in [0, 0.05) is 11.3 Å². The van der Waals surface area contributed by atoms with E-state index in [0.717, 1.165) is 24.0 Å². The summed E-state index contributed by atoms with van der Waals surface area (Å²) in [5.74, 6) is 0.738. The zero-order chi connectivity index (χ0) is 22.5. The lowest BCUT2D eigenvalue weighted by Gasteiger charge is -2.28. The number of rotatable bonds is 8. The number of unbranched alkanes of at least 4 members (excludes halogenated alkanes) is 1. The number of hydrogen-bond acceptors (Lipinski definition) is 7. The molecule has 4 rings (SSSR count). The van der Waals surface area contributed by atoms with Crippen molar-refractivity contribution < 1.29 is 14.3 Å². The third-order valence-electron chi connectivity index (χ3n) is 5.39. The number of benzene rings is 2. The van der Waals surface area contributed by atoms with Crippen LogP contribution in [0.5, 0.6) is 5.75 Å². The smallest absolute Gasteiger partial charge is 0.338 e. The molecule has 166 valence electrons. The molecule has 0 bridgehead atoms. The van der Waals surface area contributed by atoms with E-state index in [1.165, 1.54) is 5.56 Å². The molecule has 3 aromatic rings. The molecular weight excluding hydrogens is 406 g/mol. The van der Waals surface area contributed by atoms with Crippen molar-refractivity contribution in [1.29, 1.82) is 0 Å². The average molecular weight is 434 g/mol. The SMILES string of the molecule is CCCCOC(=O)C1=C(C)Nc2nnnn2C1c1ccccc1OCc1ccc(C)cc1. The topological polar surface area (TPSA) is 91.2 Å². The van der Waals surface area contributed by atoms with Crippen LogP contribution in [0.1, 0.15) is 49.4 Å². The fraction of sp³-hybridized carbons (Fsp3) is 0.333. The number of tetrazole rings is 1. The van der Waals surface area contributed by atoms with Gasteiger partial charge in [0.15, 0.2) is 0 Å². The maximum Gasteiger partial charge on any atom is 0.338 e. The summed E-state index contributed by atoms with van der Waals surface area (Å²) in [6.07, 6.45) is 1.75. The van der Waals surface area contributed by atoms with E-state index in [1.54, 1.807) is 4.68 Å². The van der Waals surface area contributed by atoms with Crippen LogP contribution >= 0.6 is 0 Å². The Kier molecular flexibility index (Phi) is 6.49. The molecule has 2 aromatic carbocycles. The van der Waals surface area contributed by atoms with Gasteiger partial charge in [-0.1, -0.05) is 66.5 Å². The Morgan fingerprint density at radius 2 is 1.91 bits per heavy atom. The molecule has 1 aromatic heterocycles. The highest BCUT2D eigenvalue weighted by molar-refractivity contribution is 5.92. The van der Waals surface area contributed by atoms with Crippen LogP contribution < -0.4 is 10.1 Å². The Morgan fingerprint density at radius 3 is 2.69 bits per heavy atom. The zero-order valence-electron chi connectivity index (χ0n) is 18.5. The fourth-order valence-corrected chi connectivity index (χ4v) is 3.63. The van der Waals surface area contributed by atoms with Crippen LogP contribution in [0.3, 0.4) is 0 Å². The predicted octanol–water partition coefficient (Wildman–Crippen LogP) is 4.19. The number of esters is 1. The summed E-state index contributed by atoms with van der Waals surface area (Å²) in [4.78, 5) is 13.1. The van der Waals surface area contributed by atoms with Gasteiger partial charge in [-0.3, -0.25) is 0 Å². The molecule has 0 amide bonds. The van der Waals surface area contributed by atoms with Gasteiger partial charge >= 0.3 is 5.97 Å². The largest absolute Gasteiger partial charge is 0.489 e. The van der Waals surface area contributed by atoms with Crippen molar-refractivity contribution in [2.75, 3.05) is 11.9 Å². The number of aryl methyl sites for hydroxylation is 1. The Morgan fingerprint density at radius 1 is 1.12 bits per heavy atom. The lowest BCUT2D eigenvalue weighted by Crippen LogP contribution is -2.30. The number of nitrogens with zero attached hydrogens (tertiary/aromatic N) is 4. The molecule has 0 saturated heterocycles. The van der Waals surface area contributed by atoms with Crippen molar-refractivity contribution in [2.24, 2.45) is 0 Å². The number of carbonyl (C=O) groups is 1. The lowest BCUT2D eigenvalue weighted by atomic mass is 9.95. The highest BCUT2D eigenvalue weighted by Crippen LogP contribution is 2.39. The van der Waals surface area contributed by atoms with E-state index in [1.807, 2.05) is 43.3 Å². The summed E-state index contributed by atoms with van der Waals surface area (Å²) in [5, 5.41) is 15.1. The quantitative estimate of drug-likeness (QED) is 0.421. The first-order valence-electron chi connectivity index (χ1n) is 10.8. The van der Waals surface area contributed by atoms with Crippen molar-refractivity contribution >= 4 is 11.9 Å². The van der Waals surface area contributed by atoms with Gasteiger partial charge in [-0.05, 0) is 42.3 Å². The van der Waals surface area contributed by atoms with Crippen molar-refractivity contribution in [2.45, 2.75) is 46.3 Å². The van der Waals surface area contributed by atoms with Crippen molar-refractivity contribution in [3.8, 4) is 5.75 Å². The third-order valence-corrected chi connectivity index (χ3v) is 5.39. The highest BCUT2D eigenvalue weighted by Gasteiger charge is 2.36. The standard InChI is InChI=1S/C24H27N5O3/c1-4-5-14-31-23(30)21-17(3)25-24-26-27-28-29(24)22(21)19-8-6-7-9-20(19)32-15-18-12-10-16(2)11-13-18/h6-13,22H,4-5,14-15H2,1-3H3,(H,25,26,28). The van der Waals surface area contributed by atoms with E-state index in [-0.39, 0.29) is 5.97 Å². The molecule has 2 heterocycles. The number of aromatic nitrogens is 4. The van der Waals surface area contributed by atoms with Gasteiger partial charge in [-0.25, -0.2) is 4.79 Å². The van der Waals surface area contributed by atoms with Crippen LogP contribution in [0.15, 0.2) is 59.8 Å². The molecule has 1 N–H and O–H groups in total. The van der Waals surface area contributed by atoms with Gasteiger partial charge in [-0.2, -0.15) is 4.68 Å². The number of anilines is 1. The summed E-state index contributed by atoms with van der Waals surface area (Å²) in [6, 6.07) is 15.3. The van der Waals surface area contributed by atoms with E-state index >= 15 is 0 Å². The van der Waals surface area contributed by atoms with Gasteiger partial charge in [0.2, 0.25) is 5.95 Å². The van der Waals surface area contributed by atoms with Crippen LogP contribution in [0.4, 0.5) is 5.95 Å². The molecule has 32 heavy (non-hydrogen) atoms. The molecule has 1 aliphatic rings. The second-order valence-corrected chi connectivity index (χ2v) is 7.81. The molecule has 0 radical (unpaired) electrons. The number of carbonyl (C=O) groups excluding carboxylic acids is 1. The van der Waals surface area contributed by atoms with Crippen molar-refractivity contribution in [3.05, 3.63) is 76.5 Å². The number of para-hydroxylation sites is 1. The molecular formula is C24H27N5O3. The molecule has 8 heteroatoms. The zero-order valence-corrected chi connectivity index (χ0v) is 18.5. The number of fused-ring (bicyclic) bond motifs is 1. The van der Waals surface area contributed by atoms with E-state index < -0.39 is 6.04 Å². The second kappa shape index (κ2) is 9.64. The first-order chi connectivity index (χ1) is 15.6. The van der Waals surface area contributed by atoms with E-state index in [0.29, 0.717) is 36.2 Å². The minimum Gasteiger partial charge on any atom is -0.489 e. The summed E-state index contributed by atoms with van der Waals surface area (Å²) >= 11 is 0. The molecule has 0 aliphatic carbocycles. The van der Waals surface area contributed by atoms with Crippen LogP contribution in [0, 0.1) is 6.92 Å². The molecule has 1 aliphatic heterocycles. The van der Waals surface area contributed by atoms with Gasteiger partial charge in [-0.15, -0.1) is 0 Å². The fourth-order valence-electron chi connectivity index (χ4n) is 3.63. The maximum atomic E-state index is 13.1. The van der Waals surface area contributed by atoms with Crippen molar-refractivity contribution in [1.82, 2.24) is 20.2 Å². The average Bonchev–Trinajstić information content (AvgIpc) is 3.26. The molecule has 1 atom stereocenters. The van der Waals surface area contributed by atoms with Crippen LogP contribution in [0.2, 0.25) is 0 Å². The molecule has 1 unspecified atom stereocenters.